The van der Waals surface area contributed by atoms with Crippen LogP contribution < -0.4 is 5.32 Å². The molecule has 18 heavy (non-hydrogen) atoms. The average molecular weight is 281 g/mol. The number of nitrogens with one attached hydrogen (secondary N) is 1. The molecule has 96 valence electrons. The van der Waals surface area contributed by atoms with Crippen molar-refractivity contribution in [3.8, 4) is 0 Å². The molecule has 2 nitrogen and oxygen atoms in total. The zero-order chi connectivity index (χ0) is 13.0. The topological polar surface area (TPSA) is 24.9 Å². The molecule has 0 aliphatic heterocycles. The summed E-state index contributed by atoms with van der Waals surface area (Å²) in [5.74, 6) is 0. The number of rotatable bonds is 5. The molecule has 0 radical (unpaired) electrons. The molecule has 0 amide bonds. The fourth-order valence-corrected chi connectivity index (χ4v) is 3.24. The van der Waals surface area contributed by atoms with E-state index in [1.54, 1.807) is 11.3 Å². The number of aryl methyl sites for hydroxylation is 1. The van der Waals surface area contributed by atoms with E-state index in [4.69, 9.17) is 11.6 Å². The molecule has 0 saturated heterocycles. The molecule has 2 aromatic rings. The molecule has 0 saturated carbocycles. The maximum Gasteiger partial charge on any atom is 0.0931 e. The summed E-state index contributed by atoms with van der Waals surface area (Å²) in [6.45, 7) is 2.16. The zero-order valence-corrected chi connectivity index (χ0v) is 12.2. The maximum absolute atomic E-state index is 5.98. The monoisotopic (exact) mass is 280 g/mol. The number of hydrogen-bond acceptors (Lipinski definition) is 3. The van der Waals surface area contributed by atoms with Crippen molar-refractivity contribution in [2.45, 2.75) is 25.8 Å². The Morgan fingerprint density at radius 1 is 1.39 bits per heavy atom. The van der Waals surface area contributed by atoms with Gasteiger partial charge in [-0.3, -0.25) is 4.98 Å². The van der Waals surface area contributed by atoms with Crippen LogP contribution in [-0.2, 0) is 12.8 Å². The Labute approximate surface area is 117 Å². The van der Waals surface area contributed by atoms with Crippen LogP contribution in [0.2, 0.25) is 4.34 Å². The van der Waals surface area contributed by atoms with Gasteiger partial charge in [-0.1, -0.05) is 18.5 Å². The summed E-state index contributed by atoms with van der Waals surface area (Å²) in [7, 11) is 2.00. The third kappa shape index (κ3) is 3.10. The first-order valence-electron chi connectivity index (χ1n) is 6.08. The molecule has 1 N–H and O–H groups in total. The molecule has 2 heterocycles. The highest BCUT2D eigenvalue weighted by atomic mass is 35.5. The van der Waals surface area contributed by atoms with E-state index >= 15 is 0 Å². The van der Waals surface area contributed by atoms with E-state index < -0.39 is 0 Å². The first-order valence-corrected chi connectivity index (χ1v) is 7.28. The molecule has 2 aromatic heterocycles. The van der Waals surface area contributed by atoms with Gasteiger partial charge in [0.05, 0.1) is 4.34 Å². The SMILES string of the molecule is CCc1cnccc1C(Cc1ccc(Cl)s1)NC. The minimum absolute atomic E-state index is 0.317. The van der Waals surface area contributed by atoms with Crippen molar-refractivity contribution in [2.75, 3.05) is 7.05 Å². The molecule has 0 aliphatic carbocycles. The first-order chi connectivity index (χ1) is 8.74. The van der Waals surface area contributed by atoms with Gasteiger partial charge in [-0.2, -0.15) is 0 Å². The molecule has 0 spiro atoms. The van der Waals surface area contributed by atoms with Gasteiger partial charge in [0.15, 0.2) is 0 Å². The van der Waals surface area contributed by atoms with Crippen molar-refractivity contribution in [2.24, 2.45) is 0 Å². The summed E-state index contributed by atoms with van der Waals surface area (Å²) in [6, 6.07) is 6.48. The van der Waals surface area contributed by atoms with Crippen LogP contribution in [0.25, 0.3) is 0 Å². The molecule has 0 bridgehead atoms. The predicted molar refractivity (Wildman–Crippen MR) is 78.4 cm³/mol. The number of pyridine rings is 1. The van der Waals surface area contributed by atoms with Crippen molar-refractivity contribution in [1.29, 1.82) is 0 Å². The summed E-state index contributed by atoms with van der Waals surface area (Å²) >= 11 is 7.63. The van der Waals surface area contributed by atoms with E-state index in [1.807, 2.05) is 25.5 Å². The Morgan fingerprint density at radius 3 is 2.83 bits per heavy atom. The number of likely N-dealkylation sites (N-methyl/N-ethyl adjacent to an activating group) is 1. The first kappa shape index (κ1) is 13.5. The lowest BCUT2D eigenvalue weighted by molar-refractivity contribution is 0.590. The lowest BCUT2D eigenvalue weighted by Gasteiger charge is -2.18. The van der Waals surface area contributed by atoms with Crippen LogP contribution >= 0.6 is 22.9 Å². The molecular formula is C14H17ClN2S. The molecule has 1 atom stereocenters. The second-order valence-corrected chi connectivity index (χ2v) is 5.98. The fourth-order valence-electron chi connectivity index (χ4n) is 2.10. The Bertz CT molecular complexity index is 510. The summed E-state index contributed by atoms with van der Waals surface area (Å²) in [6.07, 6.45) is 5.79. The molecule has 0 fully saturated rings. The average Bonchev–Trinajstić information content (AvgIpc) is 2.81. The van der Waals surface area contributed by atoms with E-state index in [0.717, 1.165) is 17.2 Å². The fraction of sp³-hybridized carbons (Fsp3) is 0.357. The minimum atomic E-state index is 0.317. The highest BCUT2D eigenvalue weighted by Gasteiger charge is 2.14. The van der Waals surface area contributed by atoms with Gasteiger partial charge in [-0.25, -0.2) is 0 Å². The van der Waals surface area contributed by atoms with Gasteiger partial charge in [0.1, 0.15) is 0 Å². The van der Waals surface area contributed by atoms with Crippen molar-refractivity contribution >= 4 is 22.9 Å². The van der Waals surface area contributed by atoms with Crippen LogP contribution in [0.4, 0.5) is 0 Å². The lowest BCUT2D eigenvalue weighted by atomic mass is 9.98. The van der Waals surface area contributed by atoms with Gasteiger partial charge in [-0.15, -0.1) is 11.3 Å². The Kier molecular flexibility index (Phi) is 4.75. The summed E-state index contributed by atoms with van der Waals surface area (Å²) in [4.78, 5) is 5.50. The number of thiophene rings is 1. The second-order valence-electron chi connectivity index (χ2n) is 4.18. The number of nitrogens with zero attached hydrogens (tertiary/aromatic N) is 1. The molecular weight excluding hydrogens is 264 g/mol. The third-order valence-electron chi connectivity index (χ3n) is 3.08. The van der Waals surface area contributed by atoms with Gasteiger partial charge in [0.2, 0.25) is 0 Å². The molecule has 4 heteroatoms. The van der Waals surface area contributed by atoms with Gasteiger partial charge in [0, 0.05) is 29.7 Å². The van der Waals surface area contributed by atoms with Crippen molar-refractivity contribution in [3.05, 3.63) is 50.9 Å². The van der Waals surface area contributed by atoms with Gasteiger partial charge < -0.3 is 5.32 Å². The van der Waals surface area contributed by atoms with E-state index in [0.29, 0.717) is 6.04 Å². The van der Waals surface area contributed by atoms with E-state index in [2.05, 4.69) is 29.4 Å². The number of aromatic nitrogens is 1. The van der Waals surface area contributed by atoms with Crippen LogP contribution in [0.5, 0.6) is 0 Å². The van der Waals surface area contributed by atoms with E-state index in [9.17, 15) is 0 Å². The van der Waals surface area contributed by atoms with Crippen LogP contribution in [0.1, 0.15) is 29.0 Å². The van der Waals surface area contributed by atoms with Gasteiger partial charge in [-0.05, 0) is 42.8 Å². The van der Waals surface area contributed by atoms with E-state index in [-0.39, 0.29) is 0 Å². The van der Waals surface area contributed by atoms with Gasteiger partial charge in [0.25, 0.3) is 0 Å². The third-order valence-corrected chi connectivity index (χ3v) is 4.33. The number of halogens is 1. The molecule has 2 rings (SSSR count). The van der Waals surface area contributed by atoms with Crippen LogP contribution in [0, 0.1) is 0 Å². The van der Waals surface area contributed by atoms with Crippen LogP contribution in [0.3, 0.4) is 0 Å². The normalized spacial score (nSPS) is 12.6. The quantitative estimate of drug-likeness (QED) is 0.899. The highest BCUT2D eigenvalue weighted by Crippen LogP contribution is 2.27. The van der Waals surface area contributed by atoms with Crippen molar-refractivity contribution in [3.63, 3.8) is 0 Å². The predicted octanol–water partition coefficient (Wildman–Crippen LogP) is 3.86. The van der Waals surface area contributed by atoms with Gasteiger partial charge >= 0.3 is 0 Å². The standard InChI is InChI=1S/C14H17ClN2S/c1-3-10-9-17-7-6-12(10)13(16-2)8-11-4-5-14(15)18-11/h4-7,9,13,16H,3,8H2,1-2H3. The van der Waals surface area contributed by atoms with Crippen molar-refractivity contribution in [1.82, 2.24) is 10.3 Å². The summed E-state index contributed by atoms with van der Waals surface area (Å²) in [5, 5.41) is 3.39. The molecule has 0 aliphatic rings. The largest absolute Gasteiger partial charge is 0.313 e. The Balaban J connectivity index is 2.22. The van der Waals surface area contributed by atoms with Crippen LogP contribution in [-0.4, -0.2) is 12.0 Å². The second kappa shape index (κ2) is 6.32. The van der Waals surface area contributed by atoms with E-state index in [1.165, 1.54) is 16.0 Å². The number of hydrogen-bond donors (Lipinski definition) is 1. The molecule has 0 aromatic carbocycles. The van der Waals surface area contributed by atoms with Crippen molar-refractivity contribution < 1.29 is 0 Å². The maximum atomic E-state index is 5.98. The zero-order valence-electron chi connectivity index (χ0n) is 10.6. The lowest BCUT2D eigenvalue weighted by Crippen LogP contribution is -2.20. The Morgan fingerprint density at radius 2 is 2.22 bits per heavy atom. The van der Waals surface area contributed by atoms with Crippen LogP contribution in [0.15, 0.2) is 30.6 Å². The smallest absolute Gasteiger partial charge is 0.0931 e. The summed E-state index contributed by atoms with van der Waals surface area (Å²) < 4.78 is 0.852. The highest BCUT2D eigenvalue weighted by molar-refractivity contribution is 7.16. The molecule has 1 unspecified atom stereocenters. The summed E-state index contributed by atoms with van der Waals surface area (Å²) in [5.41, 5.74) is 2.64. The minimum Gasteiger partial charge on any atom is -0.313 e. The Hall–Kier alpha value is -0.900.